The van der Waals surface area contributed by atoms with E-state index < -0.39 is 0 Å². The Balaban J connectivity index is 2.05. The molecular weight excluding hydrogens is 226 g/mol. The van der Waals surface area contributed by atoms with Crippen molar-refractivity contribution >= 4 is 5.91 Å². The van der Waals surface area contributed by atoms with Crippen molar-refractivity contribution in [3.05, 3.63) is 30.1 Å². The number of hydrogen-bond acceptors (Lipinski definition) is 3. The summed E-state index contributed by atoms with van der Waals surface area (Å²) in [4.78, 5) is 18.5. The van der Waals surface area contributed by atoms with Crippen molar-refractivity contribution in [2.45, 2.75) is 44.7 Å². The molecule has 2 rings (SSSR count). The van der Waals surface area contributed by atoms with Crippen LogP contribution >= 0.6 is 0 Å². The van der Waals surface area contributed by atoms with E-state index in [-0.39, 0.29) is 17.5 Å². The molecule has 1 fully saturated rings. The van der Waals surface area contributed by atoms with Crippen LogP contribution in [0.3, 0.4) is 0 Å². The summed E-state index contributed by atoms with van der Waals surface area (Å²) >= 11 is 0. The lowest BCUT2D eigenvalue weighted by atomic mass is 9.87. The summed E-state index contributed by atoms with van der Waals surface area (Å²) in [5, 5.41) is 0. The van der Waals surface area contributed by atoms with Gasteiger partial charge >= 0.3 is 0 Å². The Hall–Kier alpha value is -1.42. The zero-order valence-corrected chi connectivity index (χ0v) is 11.1. The van der Waals surface area contributed by atoms with Crippen molar-refractivity contribution in [2.75, 3.05) is 6.54 Å². The summed E-state index contributed by atoms with van der Waals surface area (Å²) in [6.45, 7) is 4.92. The molecule has 18 heavy (non-hydrogen) atoms. The average molecular weight is 247 g/mol. The molecule has 0 aliphatic carbocycles. The molecular formula is C14H21N3O. The number of amides is 1. The van der Waals surface area contributed by atoms with Gasteiger partial charge in [-0.3, -0.25) is 9.78 Å². The second-order valence-corrected chi connectivity index (χ2v) is 5.61. The molecule has 2 heterocycles. The van der Waals surface area contributed by atoms with Crippen molar-refractivity contribution in [3.63, 3.8) is 0 Å². The Bertz CT molecular complexity index is 416. The number of likely N-dealkylation sites (tertiary alicyclic amines) is 1. The van der Waals surface area contributed by atoms with E-state index in [1.165, 1.54) is 0 Å². The highest BCUT2D eigenvalue weighted by atomic mass is 16.2. The highest BCUT2D eigenvalue weighted by Gasteiger charge is 2.36. The smallest absolute Gasteiger partial charge is 0.229 e. The van der Waals surface area contributed by atoms with E-state index in [9.17, 15) is 4.79 Å². The van der Waals surface area contributed by atoms with Crippen molar-refractivity contribution in [1.82, 2.24) is 9.88 Å². The minimum absolute atomic E-state index is 0.144. The lowest BCUT2D eigenvalue weighted by Gasteiger charge is -2.44. The summed E-state index contributed by atoms with van der Waals surface area (Å²) in [6.07, 6.45) is 3.84. The lowest BCUT2D eigenvalue weighted by Crippen LogP contribution is -2.56. The first kappa shape index (κ1) is 13.0. The molecule has 1 aromatic rings. The number of pyridine rings is 1. The third-order valence-corrected chi connectivity index (χ3v) is 3.58. The van der Waals surface area contributed by atoms with Crippen LogP contribution in [0.1, 0.15) is 32.4 Å². The molecule has 1 saturated heterocycles. The number of carbonyl (C=O) groups excluding carboxylic acids is 1. The second kappa shape index (κ2) is 5.06. The largest absolute Gasteiger partial charge is 0.337 e. The monoisotopic (exact) mass is 247 g/mol. The van der Waals surface area contributed by atoms with Gasteiger partial charge in [0.05, 0.1) is 6.42 Å². The molecule has 0 bridgehead atoms. The molecule has 1 aliphatic heterocycles. The normalized spacial score (nSPS) is 22.8. The molecule has 1 amide bonds. The quantitative estimate of drug-likeness (QED) is 0.858. The average Bonchev–Trinajstić information content (AvgIpc) is 2.28. The predicted octanol–water partition coefficient (Wildman–Crippen LogP) is 1.35. The SMILES string of the molecule is CC1(C)CC(N)CCN1C(=O)Cc1ccccn1. The summed E-state index contributed by atoms with van der Waals surface area (Å²) in [7, 11) is 0. The third kappa shape index (κ3) is 2.88. The van der Waals surface area contributed by atoms with Crippen LogP contribution in [0.4, 0.5) is 0 Å². The van der Waals surface area contributed by atoms with Gasteiger partial charge in [0, 0.05) is 30.0 Å². The fourth-order valence-corrected chi connectivity index (χ4v) is 2.67. The van der Waals surface area contributed by atoms with Gasteiger partial charge in [-0.25, -0.2) is 0 Å². The standard InChI is InChI=1S/C14H21N3O/c1-14(2)10-11(15)6-8-17(14)13(18)9-12-5-3-4-7-16-12/h3-5,7,11H,6,8-10,15H2,1-2H3. The van der Waals surface area contributed by atoms with Crippen LogP contribution in [-0.4, -0.2) is 33.9 Å². The maximum absolute atomic E-state index is 12.3. The molecule has 1 aromatic heterocycles. The van der Waals surface area contributed by atoms with Crippen LogP contribution in [-0.2, 0) is 11.2 Å². The number of rotatable bonds is 2. The number of piperidine rings is 1. The zero-order valence-electron chi connectivity index (χ0n) is 11.1. The minimum Gasteiger partial charge on any atom is -0.337 e. The van der Waals surface area contributed by atoms with Crippen LogP contribution in [0.15, 0.2) is 24.4 Å². The Morgan fingerprint density at radius 2 is 2.33 bits per heavy atom. The van der Waals surface area contributed by atoms with Gasteiger partial charge in [-0.15, -0.1) is 0 Å². The van der Waals surface area contributed by atoms with E-state index in [0.29, 0.717) is 6.42 Å². The first-order valence-electron chi connectivity index (χ1n) is 6.45. The first-order valence-corrected chi connectivity index (χ1v) is 6.45. The third-order valence-electron chi connectivity index (χ3n) is 3.58. The molecule has 0 aromatic carbocycles. The van der Waals surface area contributed by atoms with Crippen molar-refractivity contribution in [3.8, 4) is 0 Å². The van der Waals surface area contributed by atoms with E-state index in [4.69, 9.17) is 5.73 Å². The fraction of sp³-hybridized carbons (Fsp3) is 0.571. The Morgan fingerprint density at radius 3 is 2.94 bits per heavy atom. The second-order valence-electron chi connectivity index (χ2n) is 5.61. The van der Waals surface area contributed by atoms with E-state index in [2.05, 4.69) is 18.8 Å². The van der Waals surface area contributed by atoms with Gasteiger partial charge in [-0.1, -0.05) is 6.07 Å². The van der Waals surface area contributed by atoms with E-state index in [1.807, 2.05) is 23.1 Å². The molecule has 2 N–H and O–H groups in total. The zero-order chi connectivity index (χ0) is 13.2. The molecule has 1 atom stereocenters. The molecule has 4 heteroatoms. The Kier molecular flexibility index (Phi) is 3.66. The molecule has 98 valence electrons. The Labute approximate surface area is 108 Å². The predicted molar refractivity (Wildman–Crippen MR) is 70.9 cm³/mol. The van der Waals surface area contributed by atoms with Gasteiger partial charge in [0.25, 0.3) is 0 Å². The van der Waals surface area contributed by atoms with Crippen molar-refractivity contribution < 1.29 is 4.79 Å². The van der Waals surface area contributed by atoms with Crippen LogP contribution in [0.25, 0.3) is 0 Å². The number of aromatic nitrogens is 1. The van der Waals surface area contributed by atoms with E-state index >= 15 is 0 Å². The molecule has 1 unspecified atom stereocenters. The molecule has 0 saturated carbocycles. The van der Waals surface area contributed by atoms with Crippen molar-refractivity contribution in [2.24, 2.45) is 5.73 Å². The van der Waals surface area contributed by atoms with Gasteiger partial charge in [-0.05, 0) is 38.8 Å². The molecule has 0 spiro atoms. The summed E-state index contributed by atoms with van der Waals surface area (Å²) < 4.78 is 0. The number of nitrogens with zero attached hydrogens (tertiary/aromatic N) is 2. The summed E-state index contributed by atoms with van der Waals surface area (Å²) in [6, 6.07) is 5.87. The summed E-state index contributed by atoms with van der Waals surface area (Å²) in [5.41, 5.74) is 6.65. The maximum Gasteiger partial charge on any atom is 0.229 e. The van der Waals surface area contributed by atoms with Crippen LogP contribution in [0, 0.1) is 0 Å². The molecule has 0 radical (unpaired) electrons. The topological polar surface area (TPSA) is 59.2 Å². The van der Waals surface area contributed by atoms with Gasteiger partial charge in [0.15, 0.2) is 0 Å². The van der Waals surface area contributed by atoms with Crippen LogP contribution in [0.2, 0.25) is 0 Å². The number of nitrogens with two attached hydrogens (primary N) is 1. The van der Waals surface area contributed by atoms with Crippen molar-refractivity contribution in [1.29, 1.82) is 0 Å². The lowest BCUT2D eigenvalue weighted by molar-refractivity contribution is -0.138. The van der Waals surface area contributed by atoms with E-state index in [1.54, 1.807) is 6.20 Å². The van der Waals surface area contributed by atoms with Crippen LogP contribution in [0.5, 0.6) is 0 Å². The minimum atomic E-state index is -0.149. The fourth-order valence-electron chi connectivity index (χ4n) is 2.67. The highest BCUT2D eigenvalue weighted by molar-refractivity contribution is 5.79. The Morgan fingerprint density at radius 1 is 1.56 bits per heavy atom. The maximum atomic E-state index is 12.3. The van der Waals surface area contributed by atoms with E-state index in [0.717, 1.165) is 25.1 Å². The van der Waals surface area contributed by atoms with Gasteiger partial charge in [-0.2, -0.15) is 0 Å². The highest BCUT2D eigenvalue weighted by Crippen LogP contribution is 2.27. The number of carbonyl (C=O) groups is 1. The van der Waals surface area contributed by atoms with Gasteiger partial charge < -0.3 is 10.6 Å². The summed E-state index contributed by atoms with van der Waals surface area (Å²) in [5.74, 6) is 0.144. The molecule has 1 aliphatic rings. The molecule has 4 nitrogen and oxygen atoms in total. The van der Waals surface area contributed by atoms with Crippen LogP contribution < -0.4 is 5.73 Å². The number of hydrogen-bond donors (Lipinski definition) is 1. The van der Waals surface area contributed by atoms with Gasteiger partial charge in [0.1, 0.15) is 0 Å². The first-order chi connectivity index (χ1) is 8.49. The van der Waals surface area contributed by atoms with Gasteiger partial charge in [0.2, 0.25) is 5.91 Å².